The monoisotopic (exact) mass is 440 g/mol. The molecule has 2 N–H and O–H groups in total. The molecule has 1 aromatic heterocycles. The number of methoxy groups -OCH3 is 1. The van der Waals surface area contributed by atoms with Crippen LogP contribution in [0.2, 0.25) is 0 Å². The van der Waals surface area contributed by atoms with Crippen molar-refractivity contribution in [2.45, 2.75) is 24.9 Å². The summed E-state index contributed by atoms with van der Waals surface area (Å²) in [4.78, 5) is 40.4. The summed E-state index contributed by atoms with van der Waals surface area (Å²) in [5.74, 6) is 4.90. The molecule has 1 aliphatic rings. The van der Waals surface area contributed by atoms with Crippen molar-refractivity contribution in [2.24, 2.45) is 5.11 Å². The van der Waals surface area contributed by atoms with E-state index in [-0.39, 0.29) is 44.4 Å². The number of nitrogens with one attached hydrogen (secondary N) is 2. The summed E-state index contributed by atoms with van der Waals surface area (Å²) in [5.41, 5.74) is 7.06. The molecule has 162 valence electrons. The van der Waals surface area contributed by atoms with Crippen LogP contribution in [0.4, 0.5) is 0 Å². The van der Waals surface area contributed by atoms with Gasteiger partial charge in [-0.3, -0.25) is 19.1 Å². The highest BCUT2D eigenvalue weighted by Gasteiger charge is 2.37. The van der Waals surface area contributed by atoms with Gasteiger partial charge in [-0.05, 0) is 5.53 Å². The Bertz CT molecular complexity index is 961. The van der Waals surface area contributed by atoms with E-state index in [1.165, 1.54) is 17.9 Å². The van der Waals surface area contributed by atoms with E-state index in [1.807, 2.05) is 0 Å². The molecule has 2 heterocycles. The van der Waals surface area contributed by atoms with E-state index in [0.717, 1.165) is 0 Å². The smallest absolute Gasteiger partial charge is 0.330 e. The van der Waals surface area contributed by atoms with Crippen LogP contribution in [0.5, 0.6) is 0 Å². The quantitative estimate of drug-likeness (QED) is 0.170. The Hall–Kier alpha value is -2.71. The van der Waals surface area contributed by atoms with Gasteiger partial charge in [0, 0.05) is 34.1 Å². The molecule has 0 saturated carbocycles. The molecule has 0 bridgehead atoms. The summed E-state index contributed by atoms with van der Waals surface area (Å²) in [6.07, 6.45) is -0.232. The largest absolute Gasteiger partial charge is 0.375 e. The zero-order chi connectivity index (χ0) is 21.9. The van der Waals surface area contributed by atoms with Crippen molar-refractivity contribution in [3.05, 3.63) is 43.0 Å². The molecule has 13 nitrogen and oxygen atoms in total. The Kier molecular flexibility index (Phi) is 9.50. The third-order valence-corrected chi connectivity index (χ3v) is 4.19. The number of carbonyl (C=O) groups excluding carboxylic acids is 1. The Morgan fingerprint density at radius 3 is 3.07 bits per heavy atom. The number of nitrogens with zero attached hydrogens (tertiary/aromatic N) is 4. The van der Waals surface area contributed by atoms with E-state index in [2.05, 4.69) is 46.4 Å². The summed E-state index contributed by atoms with van der Waals surface area (Å²) in [5, 5.41) is 5.82. The highest BCUT2D eigenvalue weighted by Crippen LogP contribution is 2.30. The van der Waals surface area contributed by atoms with Gasteiger partial charge in [-0.2, -0.15) is 0 Å². The van der Waals surface area contributed by atoms with Crippen LogP contribution in [0.25, 0.3) is 10.4 Å². The van der Waals surface area contributed by atoms with Crippen LogP contribution in [-0.2, 0) is 23.5 Å². The molecule has 0 radical (unpaired) electrons. The van der Waals surface area contributed by atoms with Crippen LogP contribution in [0, 0.1) is 11.8 Å². The molecular weight excluding hydrogens is 419 g/mol. The maximum atomic E-state index is 12.3. The highest BCUT2D eigenvalue weighted by atomic mass is 31.0. The van der Waals surface area contributed by atoms with Gasteiger partial charge in [-0.1, -0.05) is 17.0 Å². The van der Waals surface area contributed by atoms with Gasteiger partial charge in [0.2, 0.25) is 5.91 Å². The molecule has 1 aromatic rings. The fraction of sp³-hybridized carbons (Fsp3) is 0.562. The van der Waals surface area contributed by atoms with E-state index < -0.39 is 29.7 Å². The third-order valence-electron chi connectivity index (χ3n) is 4.00. The third kappa shape index (κ3) is 6.67. The lowest BCUT2D eigenvalue weighted by atomic mass is 10.2. The van der Waals surface area contributed by atoms with Gasteiger partial charge in [0.15, 0.2) is 0 Å². The number of amides is 1. The number of H-pyrrole nitrogens is 1. The summed E-state index contributed by atoms with van der Waals surface area (Å²) in [6.45, 7) is -0.134. The second kappa shape index (κ2) is 12.1. The van der Waals surface area contributed by atoms with Gasteiger partial charge >= 0.3 is 5.69 Å². The Morgan fingerprint density at radius 2 is 2.37 bits per heavy atom. The topological polar surface area (TPSA) is 170 Å². The lowest BCUT2D eigenvalue weighted by molar-refractivity contribution is -0.124. The minimum Gasteiger partial charge on any atom is -0.375 e. The van der Waals surface area contributed by atoms with Crippen LogP contribution >= 0.6 is 9.47 Å². The van der Waals surface area contributed by atoms with Crippen LogP contribution < -0.4 is 16.6 Å². The second-order valence-corrected chi connectivity index (χ2v) is 6.32. The minimum absolute atomic E-state index is 0.00356. The zero-order valence-corrected chi connectivity index (χ0v) is 17.2. The number of aromatic amines is 1. The van der Waals surface area contributed by atoms with E-state index in [4.69, 9.17) is 19.5 Å². The van der Waals surface area contributed by atoms with Crippen molar-refractivity contribution in [3.63, 3.8) is 0 Å². The number of rotatable bonds is 9. The number of hydrogen-bond acceptors (Lipinski definition) is 8. The number of hydrogen-bond donors (Lipinski definition) is 2. The number of carbonyl (C=O) groups is 1. The molecule has 2 rings (SSSR count). The summed E-state index contributed by atoms with van der Waals surface area (Å²) in [7, 11) is 3.48. The molecule has 30 heavy (non-hydrogen) atoms. The van der Waals surface area contributed by atoms with Gasteiger partial charge in [0.25, 0.3) is 5.56 Å². The molecular formula is C16H21N6O7P. The Labute approximate surface area is 172 Å². The molecule has 0 spiro atoms. The average molecular weight is 440 g/mol. The lowest BCUT2D eigenvalue weighted by Gasteiger charge is -2.17. The maximum absolute atomic E-state index is 12.3. The molecule has 4 unspecified atom stereocenters. The first-order valence-corrected chi connectivity index (χ1v) is 9.16. The van der Waals surface area contributed by atoms with Gasteiger partial charge in [-0.15, -0.1) is 0 Å². The first kappa shape index (κ1) is 23.6. The lowest BCUT2D eigenvalue weighted by Crippen LogP contribution is -2.33. The fourth-order valence-electron chi connectivity index (χ4n) is 2.70. The fourth-order valence-corrected chi connectivity index (χ4v) is 2.89. The van der Waals surface area contributed by atoms with E-state index in [0.29, 0.717) is 0 Å². The van der Waals surface area contributed by atoms with Crippen molar-refractivity contribution >= 4 is 15.4 Å². The number of azide groups is 1. The predicted octanol–water partition coefficient (Wildman–Crippen LogP) is -0.602. The molecule has 1 fully saturated rings. The molecule has 0 aromatic carbocycles. The first-order chi connectivity index (χ1) is 14.5. The summed E-state index contributed by atoms with van der Waals surface area (Å²) < 4.78 is 22.2. The molecule has 4 atom stereocenters. The molecule has 1 aliphatic heterocycles. The first-order valence-electron chi connectivity index (χ1n) is 8.69. The highest BCUT2D eigenvalue weighted by molar-refractivity contribution is 7.09. The minimum atomic E-state index is -0.752. The van der Waals surface area contributed by atoms with E-state index in [1.54, 1.807) is 0 Å². The average Bonchev–Trinajstić information content (AvgIpc) is 3.10. The van der Waals surface area contributed by atoms with E-state index >= 15 is 0 Å². The number of aromatic nitrogens is 2. The van der Waals surface area contributed by atoms with Crippen molar-refractivity contribution in [1.29, 1.82) is 0 Å². The van der Waals surface area contributed by atoms with Crippen LogP contribution in [-0.4, -0.2) is 61.3 Å². The van der Waals surface area contributed by atoms with Crippen LogP contribution in [0.3, 0.4) is 0 Å². The Morgan fingerprint density at radius 1 is 1.57 bits per heavy atom. The summed E-state index contributed by atoms with van der Waals surface area (Å²) in [6, 6.07) is 0. The maximum Gasteiger partial charge on any atom is 0.330 e. The molecule has 1 amide bonds. The number of ether oxygens (including phenoxy) is 3. The van der Waals surface area contributed by atoms with Crippen molar-refractivity contribution in [3.8, 4) is 11.8 Å². The molecule has 1 saturated heterocycles. The SMILES string of the molecule is COCC(=O)NCC#Cc1cn(C2CC(OCN=[N+]=[N-])C(COP)O2)c(=O)[nH]c1=O. The van der Waals surface area contributed by atoms with Gasteiger partial charge in [0.1, 0.15) is 31.2 Å². The zero-order valence-electron chi connectivity index (χ0n) is 16.1. The van der Waals surface area contributed by atoms with Crippen LogP contribution in [0.1, 0.15) is 18.2 Å². The summed E-state index contributed by atoms with van der Waals surface area (Å²) >= 11 is 0. The van der Waals surface area contributed by atoms with Gasteiger partial charge in [0.05, 0.1) is 19.3 Å². The van der Waals surface area contributed by atoms with Crippen molar-refractivity contribution < 1.29 is 23.5 Å². The second-order valence-electron chi connectivity index (χ2n) is 5.98. The molecule has 14 heteroatoms. The predicted molar refractivity (Wildman–Crippen MR) is 106 cm³/mol. The Balaban J connectivity index is 2.16. The van der Waals surface area contributed by atoms with Gasteiger partial charge < -0.3 is 24.1 Å². The van der Waals surface area contributed by atoms with Gasteiger partial charge in [-0.25, -0.2) is 4.79 Å². The van der Waals surface area contributed by atoms with Crippen LogP contribution in [0.15, 0.2) is 20.9 Å². The van der Waals surface area contributed by atoms with E-state index in [9.17, 15) is 14.4 Å². The standard InChI is InChI=1S/C16H21N6O7P/c1-26-8-13(23)18-4-2-3-10-6-22(16(25)20-15(10)24)14-5-11(27-9-19-21-17)12(29-14)7-28-30/h6,11-12,14H,4-5,7-9,30H2,1H3,(H,18,23)(H,20,24,25). The molecule has 0 aliphatic carbocycles. The normalized spacial score (nSPS) is 20.1. The van der Waals surface area contributed by atoms with Crippen molar-refractivity contribution in [2.75, 3.05) is 33.6 Å². The van der Waals surface area contributed by atoms with Crippen molar-refractivity contribution in [1.82, 2.24) is 14.9 Å².